The first kappa shape index (κ1) is 21.5. The van der Waals surface area contributed by atoms with Crippen LogP contribution in [-0.4, -0.2) is 24.5 Å². The molecule has 0 spiro atoms. The zero-order valence-electron chi connectivity index (χ0n) is 17.3. The minimum absolute atomic E-state index is 0.184. The van der Waals surface area contributed by atoms with Crippen molar-refractivity contribution in [2.24, 2.45) is 0 Å². The molecule has 1 amide bonds. The predicted octanol–water partition coefficient (Wildman–Crippen LogP) is 5.83. The van der Waals surface area contributed by atoms with E-state index in [1.807, 2.05) is 48.5 Å². The van der Waals surface area contributed by atoms with Gasteiger partial charge < -0.3 is 15.0 Å². The highest BCUT2D eigenvalue weighted by atomic mass is 19.4. The minimum Gasteiger partial charge on any atom is -0.493 e. The lowest BCUT2D eigenvalue weighted by molar-refractivity contribution is -0.137. The van der Waals surface area contributed by atoms with Crippen LogP contribution in [0.25, 0.3) is 22.0 Å². The van der Waals surface area contributed by atoms with Crippen molar-refractivity contribution >= 4 is 16.8 Å². The number of hydrogen-bond acceptors (Lipinski definition) is 2. The average Bonchev–Trinajstić information content (AvgIpc) is 3.23. The second kappa shape index (κ2) is 8.78. The van der Waals surface area contributed by atoms with Crippen LogP contribution < -0.4 is 10.1 Å². The number of halogens is 3. The van der Waals surface area contributed by atoms with E-state index in [1.165, 1.54) is 6.07 Å². The van der Waals surface area contributed by atoms with Crippen molar-refractivity contribution in [2.45, 2.75) is 12.6 Å². The number of hydrogen-bond donors (Lipinski definition) is 2. The maximum atomic E-state index is 12.8. The zero-order valence-corrected chi connectivity index (χ0v) is 17.3. The van der Waals surface area contributed by atoms with Crippen LogP contribution in [0, 0.1) is 0 Å². The number of aromatic nitrogens is 1. The summed E-state index contributed by atoms with van der Waals surface area (Å²) >= 11 is 0. The molecule has 0 unspecified atom stereocenters. The fourth-order valence-electron chi connectivity index (χ4n) is 3.58. The second-order valence-corrected chi connectivity index (χ2v) is 7.35. The quantitative estimate of drug-likeness (QED) is 0.398. The van der Waals surface area contributed by atoms with Crippen molar-refractivity contribution in [2.75, 3.05) is 13.7 Å². The first-order valence-electron chi connectivity index (χ1n) is 10.1. The fraction of sp³-hybridized carbons (Fsp3) is 0.160. The molecule has 0 aliphatic heterocycles. The monoisotopic (exact) mass is 438 g/mol. The molecule has 0 atom stereocenters. The van der Waals surface area contributed by atoms with Gasteiger partial charge in [-0.05, 0) is 47.0 Å². The van der Waals surface area contributed by atoms with Gasteiger partial charge in [0, 0.05) is 24.4 Å². The summed E-state index contributed by atoms with van der Waals surface area (Å²) in [5.41, 5.74) is 3.21. The van der Waals surface area contributed by atoms with Crippen molar-refractivity contribution in [1.29, 1.82) is 0 Å². The number of alkyl halides is 3. The molecule has 0 saturated carbocycles. The molecule has 3 aromatic carbocycles. The van der Waals surface area contributed by atoms with E-state index in [1.54, 1.807) is 13.1 Å². The van der Waals surface area contributed by atoms with Crippen molar-refractivity contribution in [1.82, 2.24) is 10.3 Å². The maximum Gasteiger partial charge on any atom is 0.416 e. The Morgan fingerprint density at radius 1 is 1.00 bits per heavy atom. The summed E-state index contributed by atoms with van der Waals surface area (Å²) in [5, 5.41) is 3.54. The predicted molar refractivity (Wildman–Crippen MR) is 118 cm³/mol. The minimum atomic E-state index is -4.35. The van der Waals surface area contributed by atoms with Crippen LogP contribution in [-0.2, 0) is 12.6 Å². The maximum absolute atomic E-state index is 12.8. The Labute approximate surface area is 183 Å². The van der Waals surface area contributed by atoms with Crippen LogP contribution >= 0.6 is 0 Å². The van der Waals surface area contributed by atoms with Gasteiger partial charge in [0.25, 0.3) is 5.91 Å². The second-order valence-electron chi connectivity index (χ2n) is 7.35. The number of H-pyrrole nitrogens is 1. The van der Waals surface area contributed by atoms with Gasteiger partial charge in [0.05, 0.1) is 12.2 Å². The summed E-state index contributed by atoms with van der Waals surface area (Å²) in [4.78, 5) is 15.0. The average molecular weight is 438 g/mol. The SMILES string of the molecule is CNC(=O)c1cc2c(-c3ccc(OCCc4cccc(C(F)(F)F)c4)cc3)cccc2[nH]1. The third-order valence-corrected chi connectivity index (χ3v) is 5.21. The molecule has 4 aromatic rings. The van der Waals surface area contributed by atoms with Gasteiger partial charge in [0.2, 0.25) is 0 Å². The molecular formula is C25H21F3N2O2. The molecule has 1 aromatic heterocycles. The molecule has 4 nitrogen and oxygen atoms in total. The Balaban J connectivity index is 1.45. The normalized spacial score (nSPS) is 11.5. The van der Waals surface area contributed by atoms with E-state index in [-0.39, 0.29) is 12.5 Å². The van der Waals surface area contributed by atoms with E-state index in [2.05, 4.69) is 10.3 Å². The van der Waals surface area contributed by atoms with E-state index in [0.717, 1.165) is 34.2 Å². The van der Waals surface area contributed by atoms with E-state index < -0.39 is 11.7 Å². The molecule has 4 rings (SSSR count). The number of rotatable bonds is 6. The largest absolute Gasteiger partial charge is 0.493 e. The van der Waals surface area contributed by atoms with Crippen molar-refractivity contribution < 1.29 is 22.7 Å². The first-order valence-corrected chi connectivity index (χ1v) is 10.1. The number of fused-ring (bicyclic) bond motifs is 1. The molecule has 164 valence electrons. The summed E-state index contributed by atoms with van der Waals surface area (Å²) in [6.45, 7) is 0.267. The van der Waals surface area contributed by atoms with Crippen LogP contribution in [0.1, 0.15) is 21.6 Å². The molecule has 7 heteroatoms. The van der Waals surface area contributed by atoms with Gasteiger partial charge in [-0.1, -0.05) is 42.5 Å². The number of carbonyl (C=O) groups is 1. The number of aromatic amines is 1. The zero-order chi connectivity index (χ0) is 22.7. The Bertz CT molecular complexity index is 1240. The molecular weight excluding hydrogens is 417 g/mol. The summed E-state index contributed by atoms with van der Waals surface area (Å²) in [5.74, 6) is 0.449. The summed E-state index contributed by atoms with van der Waals surface area (Å²) in [7, 11) is 1.58. The highest BCUT2D eigenvalue weighted by Gasteiger charge is 2.30. The van der Waals surface area contributed by atoms with Crippen LogP contribution in [0.3, 0.4) is 0 Å². The van der Waals surface area contributed by atoms with Gasteiger partial charge in [-0.3, -0.25) is 4.79 Å². The first-order chi connectivity index (χ1) is 15.3. The lowest BCUT2D eigenvalue weighted by Gasteiger charge is -2.10. The smallest absolute Gasteiger partial charge is 0.416 e. The van der Waals surface area contributed by atoms with E-state index in [0.29, 0.717) is 23.4 Å². The van der Waals surface area contributed by atoms with Gasteiger partial charge in [0.1, 0.15) is 11.4 Å². The Kier molecular flexibility index (Phi) is 5.90. The summed E-state index contributed by atoms with van der Waals surface area (Å²) < 4.78 is 44.2. The molecule has 2 N–H and O–H groups in total. The third-order valence-electron chi connectivity index (χ3n) is 5.21. The van der Waals surface area contributed by atoms with E-state index in [9.17, 15) is 18.0 Å². The topological polar surface area (TPSA) is 54.1 Å². The molecule has 0 saturated heterocycles. The standard InChI is InChI=1S/C25H21F3N2O2/c1-29-24(31)23-15-21-20(6-3-7-22(21)30-23)17-8-10-19(11-9-17)32-13-12-16-4-2-5-18(14-16)25(26,27)28/h2-11,14-15,30H,12-13H2,1H3,(H,29,31). The molecule has 1 heterocycles. The van der Waals surface area contributed by atoms with Gasteiger partial charge in [-0.15, -0.1) is 0 Å². The summed E-state index contributed by atoms with van der Waals surface area (Å²) in [6.07, 6.45) is -3.98. The van der Waals surface area contributed by atoms with Crippen LogP contribution in [0.5, 0.6) is 5.75 Å². The number of ether oxygens (including phenoxy) is 1. The lowest BCUT2D eigenvalue weighted by atomic mass is 10.0. The number of amides is 1. The van der Waals surface area contributed by atoms with Crippen molar-refractivity contribution in [3.63, 3.8) is 0 Å². The van der Waals surface area contributed by atoms with Gasteiger partial charge in [-0.2, -0.15) is 13.2 Å². The number of benzene rings is 3. The van der Waals surface area contributed by atoms with Crippen molar-refractivity contribution in [3.8, 4) is 16.9 Å². The molecule has 0 bridgehead atoms. The molecule has 32 heavy (non-hydrogen) atoms. The summed E-state index contributed by atoms with van der Waals surface area (Å²) in [6, 6.07) is 20.4. The highest BCUT2D eigenvalue weighted by Crippen LogP contribution is 2.31. The number of nitrogens with one attached hydrogen (secondary N) is 2. The van der Waals surface area contributed by atoms with Gasteiger partial charge >= 0.3 is 6.18 Å². The van der Waals surface area contributed by atoms with Crippen LogP contribution in [0.2, 0.25) is 0 Å². The lowest BCUT2D eigenvalue weighted by Crippen LogP contribution is -2.17. The molecule has 0 aliphatic rings. The Hall–Kier alpha value is -3.74. The van der Waals surface area contributed by atoms with Crippen LogP contribution in [0.4, 0.5) is 13.2 Å². The third kappa shape index (κ3) is 4.61. The van der Waals surface area contributed by atoms with Crippen molar-refractivity contribution in [3.05, 3.63) is 89.6 Å². The van der Waals surface area contributed by atoms with E-state index >= 15 is 0 Å². The molecule has 0 fully saturated rings. The van der Waals surface area contributed by atoms with E-state index in [4.69, 9.17) is 4.74 Å². The Morgan fingerprint density at radius 3 is 2.47 bits per heavy atom. The Morgan fingerprint density at radius 2 is 1.75 bits per heavy atom. The molecule has 0 radical (unpaired) electrons. The number of carbonyl (C=O) groups excluding carboxylic acids is 1. The molecule has 0 aliphatic carbocycles. The van der Waals surface area contributed by atoms with Gasteiger partial charge in [0.15, 0.2) is 0 Å². The van der Waals surface area contributed by atoms with Gasteiger partial charge in [-0.25, -0.2) is 0 Å². The fourth-order valence-corrected chi connectivity index (χ4v) is 3.58. The van der Waals surface area contributed by atoms with Crippen LogP contribution in [0.15, 0.2) is 72.8 Å². The highest BCUT2D eigenvalue weighted by molar-refractivity contribution is 6.02.